The molecule has 1 aromatic rings. The third kappa shape index (κ3) is 3.55. The molecular formula is C12H24N4O2S. The molecule has 1 heterocycles. The summed E-state index contributed by atoms with van der Waals surface area (Å²) in [7, 11) is -1.92. The Balaban J connectivity index is 3.15. The number of hydrogen-bond acceptors (Lipinski definition) is 4. The summed E-state index contributed by atoms with van der Waals surface area (Å²) >= 11 is 0. The average molecular weight is 288 g/mol. The summed E-state index contributed by atoms with van der Waals surface area (Å²) in [6, 6.07) is 0.181. The maximum Gasteiger partial charge on any atom is 0.246 e. The van der Waals surface area contributed by atoms with Gasteiger partial charge in [-0.15, -0.1) is 0 Å². The van der Waals surface area contributed by atoms with Crippen molar-refractivity contribution in [3.05, 3.63) is 11.4 Å². The quantitative estimate of drug-likeness (QED) is 0.825. The van der Waals surface area contributed by atoms with Crippen LogP contribution in [0.3, 0.4) is 0 Å². The molecule has 0 saturated heterocycles. The van der Waals surface area contributed by atoms with Crippen LogP contribution in [0.5, 0.6) is 0 Å². The van der Waals surface area contributed by atoms with Crippen molar-refractivity contribution in [2.75, 3.05) is 7.05 Å². The minimum atomic E-state index is -3.50. The molecule has 1 rings (SSSR count). The van der Waals surface area contributed by atoms with Gasteiger partial charge < -0.3 is 5.32 Å². The smallest absolute Gasteiger partial charge is 0.246 e. The number of aromatic nitrogens is 2. The third-order valence-electron chi connectivity index (χ3n) is 3.00. The molecule has 0 amide bonds. The molecule has 0 spiro atoms. The molecule has 0 atom stereocenters. The molecule has 7 heteroatoms. The Morgan fingerprint density at radius 3 is 2.37 bits per heavy atom. The van der Waals surface area contributed by atoms with Crippen LogP contribution in [0.25, 0.3) is 0 Å². The Labute approximate surface area is 115 Å². The number of H-pyrrole nitrogens is 1. The fraction of sp³-hybridized carbons (Fsp3) is 0.750. The topological polar surface area (TPSA) is 78.1 Å². The summed E-state index contributed by atoms with van der Waals surface area (Å²) in [5.74, 6) is 0. The molecule has 0 fully saturated rings. The van der Waals surface area contributed by atoms with Gasteiger partial charge in [0.25, 0.3) is 0 Å². The average Bonchev–Trinajstić information content (AvgIpc) is 2.67. The number of sulfonamides is 1. The van der Waals surface area contributed by atoms with Gasteiger partial charge in [-0.3, -0.25) is 5.10 Å². The number of rotatable bonds is 6. The van der Waals surface area contributed by atoms with Gasteiger partial charge in [-0.1, -0.05) is 13.8 Å². The van der Waals surface area contributed by atoms with Crippen LogP contribution in [-0.4, -0.2) is 42.1 Å². The van der Waals surface area contributed by atoms with Crippen LogP contribution in [0.4, 0.5) is 0 Å². The standard InChI is InChI=1S/C12H24N4O2S/c1-8(2)13-7-11-12(10(5)14-15-11)19(17,18)16(6)9(3)4/h8-9,13H,7H2,1-6H3,(H,14,15). The molecule has 0 saturated carbocycles. The monoisotopic (exact) mass is 288 g/mol. The molecule has 6 nitrogen and oxygen atoms in total. The predicted octanol–water partition coefficient (Wildman–Crippen LogP) is 1.25. The zero-order chi connectivity index (χ0) is 14.8. The van der Waals surface area contributed by atoms with Gasteiger partial charge in [0.05, 0.1) is 11.4 Å². The van der Waals surface area contributed by atoms with Gasteiger partial charge in [0.15, 0.2) is 0 Å². The third-order valence-corrected chi connectivity index (χ3v) is 5.24. The first-order valence-electron chi connectivity index (χ1n) is 6.43. The Morgan fingerprint density at radius 2 is 1.89 bits per heavy atom. The second-order valence-corrected chi connectivity index (χ2v) is 7.21. The van der Waals surface area contributed by atoms with Gasteiger partial charge >= 0.3 is 0 Å². The highest BCUT2D eigenvalue weighted by molar-refractivity contribution is 7.89. The van der Waals surface area contributed by atoms with Crippen LogP contribution in [0.2, 0.25) is 0 Å². The van der Waals surface area contributed by atoms with E-state index in [0.717, 1.165) is 0 Å². The highest BCUT2D eigenvalue weighted by Gasteiger charge is 2.29. The van der Waals surface area contributed by atoms with Crippen molar-refractivity contribution < 1.29 is 8.42 Å². The lowest BCUT2D eigenvalue weighted by Crippen LogP contribution is -2.34. The van der Waals surface area contributed by atoms with Crippen molar-refractivity contribution in [3.8, 4) is 0 Å². The lowest BCUT2D eigenvalue weighted by molar-refractivity contribution is 0.409. The summed E-state index contributed by atoms with van der Waals surface area (Å²) in [6.45, 7) is 9.87. The molecule has 0 aliphatic rings. The second-order valence-electron chi connectivity index (χ2n) is 5.28. The molecule has 0 radical (unpaired) electrons. The van der Waals surface area contributed by atoms with Crippen LogP contribution in [0.15, 0.2) is 4.90 Å². The van der Waals surface area contributed by atoms with E-state index in [-0.39, 0.29) is 17.0 Å². The number of nitrogens with one attached hydrogen (secondary N) is 2. The van der Waals surface area contributed by atoms with Gasteiger partial charge in [-0.05, 0) is 20.8 Å². The summed E-state index contributed by atoms with van der Waals surface area (Å²) < 4.78 is 26.5. The molecule has 0 aliphatic carbocycles. The van der Waals surface area contributed by atoms with Gasteiger partial charge in [0.1, 0.15) is 4.90 Å². The van der Waals surface area contributed by atoms with E-state index in [4.69, 9.17) is 0 Å². The number of hydrogen-bond donors (Lipinski definition) is 2. The zero-order valence-electron chi connectivity index (χ0n) is 12.5. The first-order valence-corrected chi connectivity index (χ1v) is 7.87. The molecular weight excluding hydrogens is 264 g/mol. The minimum Gasteiger partial charge on any atom is -0.309 e. The highest BCUT2D eigenvalue weighted by atomic mass is 32.2. The van der Waals surface area contributed by atoms with E-state index < -0.39 is 10.0 Å². The number of aromatic amines is 1. The van der Waals surface area contributed by atoms with Crippen molar-refractivity contribution in [1.29, 1.82) is 0 Å². The van der Waals surface area contributed by atoms with Crippen molar-refractivity contribution in [2.45, 2.75) is 58.1 Å². The summed E-state index contributed by atoms with van der Waals surface area (Å²) in [5.41, 5.74) is 1.12. The van der Waals surface area contributed by atoms with E-state index in [9.17, 15) is 8.42 Å². The van der Waals surface area contributed by atoms with E-state index in [1.54, 1.807) is 14.0 Å². The minimum absolute atomic E-state index is 0.0924. The molecule has 110 valence electrons. The lowest BCUT2D eigenvalue weighted by atomic mass is 10.3. The fourth-order valence-corrected chi connectivity index (χ4v) is 3.35. The molecule has 0 bridgehead atoms. The number of aryl methyl sites for hydroxylation is 1. The Morgan fingerprint density at radius 1 is 1.32 bits per heavy atom. The molecule has 0 aromatic carbocycles. The normalized spacial score (nSPS) is 12.9. The molecule has 1 aromatic heterocycles. The van der Waals surface area contributed by atoms with Crippen LogP contribution < -0.4 is 5.32 Å². The van der Waals surface area contributed by atoms with Crippen LogP contribution in [0.1, 0.15) is 39.1 Å². The number of nitrogens with zero attached hydrogens (tertiary/aromatic N) is 2. The first-order chi connectivity index (χ1) is 8.67. The van der Waals surface area contributed by atoms with Gasteiger partial charge in [0.2, 0.25) is 10.0 Å². The van der Waals surface area contributed by atoms with Crippen LogP contribution in [-0.2, 0) is 16.6 Å². The second kappa shape index (κ2) is 6.02. The lowest BCUT2D eigenvalue weighted by Gasteiger charge is -2.21. The van der Waals surface area contributed by atoms with Gasteiger partial charge in [-0.2, -0.15) is 9.40 Å². The SMILES string of the molecule is Cc1[nH]nc(CNC(C)C)c1S(=O)(=O)N(C)C(C)C. The zero-order valence-corrected chi connectivity index (χ0v) is 13.3. The predicted molar refractivity (Wildman–Crippen MR) is 75.4 cm³/mol. The molecule has 19 heavy (non-hydrogen) atoms. The first kappa shape index (κ1) is 16.1. The summed E-state index contributed by atoms with van der Waals surface area (Å²) in [4.78, 5) is 0.289. The van der Waals surface area contributed by atoms with Crippen LogP contribution in [0, 0.1) is 6.92 Å². The van der Waals surface area contributed by atoms with E-state index in [2.05, 4.69) is 15.5 Å². The van der Waals surface area contributed by atoms with Crippen molar-refractivity contribution >= 4 is 10.0 Å². The molecule has 0 aliphatic heterocycles. The maximum absolute atomic E-state index is 12.6. The Hall–Kier alpha value is -0.920. The van der Waals surface area contributed by atoms with E-state index in [1.165, 1.54) is 4.31 Å². The largest absolute Gasteiger partial charge is 0.309 e. The Kier molecular flexibility index (Phi) is 5.11. The highest BCUT2D eigenvalue weighted by Crippen LogP contribution is 2.22. The summed E-state index contributed by atoms with van der Waals surface area (Å²) in [5, 5.41) is 10.1. The molecule has 0 unspecified atom stereocenters. The van der Waals surface area contributed by atoms with Crippen molar-refractivity contribution in [3.63, 3.8) is 0 Å². The maximum atomic E-state index is 12.6. The fourth-order valence-electron chi connectivity index (χ4n) is 1.65. The van der Waals surface area contributed by atoms with E-state index in [1.807, 2.05) is 27.7 Å². The van der Waals surface area contributed by atoms with Crippen molar-refractivity contribution in [2.24, 2.45) is 0 Å². The van der Waals surface area contributed by atoms with Crippen molar-refractivity contribution in [1.82, 2.24) is 19.8 Å². The summed E-state index contributed by atoms with van der Waals surface area (Å²) in [6.07, 6.45) is 0. The Bertz CT molecular complexity index is 520. The van der Waals surface area contributed by atoms with E-state index >= 15 is 0 Å². The van der Waals surface area contributed by atoms with Crippen LogP contribution >= 0.6 is 0 Å². The van der Waals surface area contributed by atoms with E-state index in [0.29, 0.717) is 17.9 Å². The van der Waals surface area contributed by atoms with Gasteiger partial charge in [-0.25, -0.2) is 8.42 Å². The molecule has 2 N–H and O–H groups in total. The van der Waals surface area contributed by atoms with Gasteiger partial charge in [0, 0.05) is 25.7 Å².